The van der Waals surface area contributed by atoms with Gasteiger partial charge in [-0.15, -0.1) is 0 Å². The summed E-state index contributed by atoms with van der Waals surface area (Å²) in [5.41, 5.74) is 1.88. The summed E-state index contributed by atoms with van der Waals surface area (Å²) in [7, 11) is 3.05. The summed E-state index contributed by atoms with van der Waals surface area (Å²) in [4.78, 5) is 43.4. The maximum Gasteiger partial charge on any atom is 0.338 e. The molecule has 0 radical (unpaired) electrons. The van der Waals surface area contributed by atoms with Gasteiger partial charge in [-0.25, -0.2) is 9.79 Å². The molecule has 0 fully saturated rings. The van der Waals surface area contributed by atoms with Gasteiger partial charge in [0, 0.05) is 6.92 Å². The molecule has 0 bridgehead atoms. The first-order valence-corrected chi connectivity index (χ1v) is 13.5. The summed E-state index contributed by atoms with van der Waals surface area (Å²) in [5, 5.41) is 0. The minimum absolute atomic E-state index is 0.194. The smallest absolute Gasteiger partial charge is 0.338 e. The Morgan fingerprint density at radius 3 is 2.47 bits per heavy atom. The van der Waals surface area contributed by atoms with Gasteiger partial charge in [0.2, 0.25) is 0 Å². The highest BCUT2D eigenvalue weighted by atomic mass is 127. The van der Waals surface area contributed by atoms with E-state index >= 15 is 0 Å². The first-order valence-electron chi connectivity index (χ1n) is 11.6. The van der Waals surface area contributed by atoms with Crippen LogP contribution in [0.1, 0.15) is 37.9 Å². The van der Waals surface area contributed by atoms with Gasteiger partial charge >= 0.3 is 11.9 Å². The fourth-order valence-corrected chi connectivity index (χ4v) is 5.89. The molecule has 198 valence electrons. The molecule has 4 rings (SSSR count). The third kappa shape index (κ3) is 5.39. The summed E-state index contributed by atoms with van der Waals surface area (Å²) in [5.74, 6) is 0.342. The Labute approximate surface area is 236 Å². The van der Waals surface area contributed by atoms with E-state index in [4.69, 9.17) is 18.9 Å². The number of methoxy groups -OCH3 is 2. The van der Waals surface area contributed by atoms with Crippen LogP contribution >= 0.6 is 33.9 Å². The average molecular weight is 648 g/mol. The fraction of sp³-hybridized carbons (Fsp3) is 0.259. The van der Waals surface area contributed by atoms with Gasteiger partial charge in [0.1, 0.15) is 5.75 Å². The number of hydrogen-bond donors (Lipinski definition) is 0. The van der Waals surface area contributed by atoms with Crippen LogP contribution in [0.3, 0.4) is 0 Å². The van der Waals surface area contributed by atoms with E-state index < -0.39 is 18.0 Å². The Morgan fingerprint density at radius 2 is 1.87 bits per heavy atom. The van der Waals surface area contributed by atoms with Crippen molar-refractivity contribution in [3.63, 3.8) is 0 Å². The van der Waals surface area contributed by atoms with Gasteiger partial charge in [0.25, 0.3) is 5.56 Å². The van der Waals surface area contributed by atoms with Gasteiger partial charge in [0.05, 0.1) is 46.2 Å². The average Bonchev–Trinajstić information content (AvgIpc) is 3.18. The molecule has 2 aromatic carbocycles. The number of rotatable bonds is 7. The molecule has 0 saturated heterocycles. The van der Waals surface area contributed by atoms with Crippen molar-refractivity contribution in [3.8, 4) is 17.2 Å². The van der Waals surface area contributed by atoms with Gasteiger partial charge in [-0.1, -0.05) is 23.5 Å². The van der Waals surface area contributed by atoms with Crippen LogP contribution < -0.4 is 29.1 Å². The number of carbonyl (C=O) groups is 2. The highest BCUT2D eigenvalue weighted by Crippen LogP contribution is 2.35. The summed E-state index contributed by atoms with van der Waals surface area (Å²) in [6, 6.07) is 9.95. The van der Waals surface area contributed by atoms with Crippen molar-refractivity contribution in [1.82, 2.24) is 4.57 Å². The largest absolute Gasteiger partial charge is 0.497 e. The molecule has 0 unspecified atom stereocenters. The van der Waals surface area contributed by atoms with Crippen molar-refractivity contribution >= 4 is 51.9 Å². The van der Waals surface area contributed by atoms with Crippen LogP contribution in [-0.2, 0) is 14.3 Å². The van der Waals surface area contributed by atoms with Crippen LogP contribution in [0.4, 0.5) is 0 Å². The molecule has 38 heavy (non-hydrogen) atoms. The third-order valence-electron chi connectivity index (χ3n) is 5.74. The van der Waals surface area contributed by atoms with Gasteiger partial charge in [0.15, 0.2) is 16.3 Å². The Kier molecular flexibility index (Phi) is 8.36. The van der Waals surface area contributed by atoms with Gasteiger partial charge in [-0.05, 0) is 77.9 Å². The fourth-order valence-electron chi connectivity index (χ4n) is 4.11. The van der Waals surface area contributed by atoms with Crippen LogP contribution in [-0.4, -0.2) is 37.3 Å². The number of aromatic nitrogens is 1. The summed E-state index contributed by atoms with van der Waals surface area (Å²) in [6.45, 7) is 4.98. The van der Waals surface area contributed by atoms with E-state index in [2.05, 4.69) is 4.99 Å². The van der Waals surface area contributed by atoms with Crippen LogP contribution in [0.2, 0.25) is 0 Å². The number of halogens is 1. The van der Waals surface area contributed by atoms with Crippen LogP contribution in [0.25, 0.3) is 6.08 Å². The zero-order chi connectivity index (χ0) is 27.6. The molecular weight excluding hydrogens is 623 g/mol. The van der Waals surface area contributed by atoms with Crippen LogP contribution in [0, 0.1) is 3.57 Å². The highest BCUT2D eigenvalue weighted by Gasteiger charge is 2.33. The standard InChI is InChI=1S/C27H25IN2O7S/c1-6-36-26(33)22-14(2)29-27-30(23(22)17-7-9-18(34-4)10-8-17)25(32)21(38-27)13-16-11-19(28)24(37-15(3)31)20(12-16)35-5/h7-13,23H,6H2,1-5H3/b21-13-/t23-/m1/s1. The second-order valence-corrected chi connectivity index (χ2v) is 10.4. The van der Waals surface area contributed by atoms with E-state index in [0.717, 1.165) is 5.56 Å². The van der Waals surface area contributed by atoms with Crippen molar-refractivity contribution in [2.75, 3.05) is 20.8 Å². The predicted octanol–water partition coefficient (Wildman–Crippen LogP) is 3.35. The summed E-state index contributed by atoms with van der Waals surface area (Å²) >= 11 is 3.27. The first kappa shape index (κ1) is 27.6. The molecule has 11 heteroatoms. The van der Waals surface area contributed by atoms with Crippen molar-refractivity contribution in [3.05, 3.63) is 82.1 Å². The van der Waals surface area contributed by atoms with E-state index in [1.165, 1.54) is 29.9 Å². The molecule has 1 aliphatic rings. The Bertz CT molecular complexity index is 1620. The molecule has 2 heterocycles. The lowest BCUT2D eigenvalue weighted by molar-refractivity contribution is -0.139. The molecule has 3 aromatic rings. The number of nitrogens with zero attached hydrogens (tertiary/aromatic N) is 2. The normalized spacial score (nSPS) is 15.0. The van der Waals surface area contributed by atoms with E-state index in [1.807, 2.05) is 34.7 Å². The predicted molar refractivity (Wildman–Crippen MR) is 150 cm³/mol. The number of allylic oxidation sites excluding steroid dienone is 1. The zero-order valence-corrected chi connectivity index (χ0v) is 24.3. The van der Waals surface area contributed by atoms with Crippen LogP contribution in [0.5, 0.6) is 17.2 Å². The third-order valence-corrected chi connectivity index (χ3v) is 7.53. The van der Waals surface area contributed by atoms with Gasteiger partial charge in [-0.2, -0.15) is 0 Å². The van der Waals surface area contributed by atoms with E-state index in [0.29, 0.717) is 47.0 Å². The number of benzene rings is 2. The topological polar surface area (TPSA) is 105 Å². The van der Waals surface area contributed by atoms with Crippen molar-refractivity contribution in [1.29, 1.82) is 0 Å². The number of fused-ring (bicyclic) bond motifs is 1. The second-order valence-electron chi connectivity index (χ2n) is 8.20. The number of esters is 2. The van der Waals surface area contributed by atoms with Gasteiger partial charge < -0.3 is 18.9 Å². The molecular formula is C27H25IN2O7S. The van der Waals surface area contributed by atoms with Gasteiger partial charge in [-0.3, -0.25) is 14.2 Å². The molecule has 0 spiro atoms. The maximum atomic E-state index is 13.8. The number of carbonyl (C=O) groups excluding carboxylic acids is 2. The number of ether oxygens (including phenoxy) is 4. The number of thiazole rings is 1. The van der Waals surface area contributed by atoms with Crippen molar-refractivity contribution in [2.45, 2.75) is 26.8 Å². The Balaban J connectivity index is 1.91. The van der Waals surface area contributed by atoms with Crippen molar-refractivity contribution < 1.29 is 28.5 Å². The molecule has 1 atom stereocenters. The molecule has 0 N–H and O–H groups in total. The Hall–Kier alpha value is -3.45. The molecule has 0 amide bonds. The molecule has 9 nitrogen and oxygen atoms in total. The highest BCUT2D eigenvalue weighted by molar-refractivity contribution is 14.1. The minimum Gasteiger partial charge on any atom is -0.497 e. The zero-order valence-electron chi connectivity index (χ0n) is 21.4. The molecule has 0 saturated carbocycles. The lowest BCUT2D eigenvalue weighted by Crippen LogP contribution is -2.39. The van der Waals surface area contributed by atoms with E-state index in [1.54, 1.807) is 51.3 Å². The molecule has 1 aliphatic heterocycles. The summed E-state index contributed by atoms with van der Waals surface area (Å²) in [6.07, 6.45) is 1.72. The summed E-state index contributed by atoms with van der Waals surface area (Å²) < 4.78 is 23.9. The monoisotopic (exact) mass is 648 g/mol. The second kappa shape index (κ2) is 11.5. The molecule has 0 aliphatic carbocycles. The lowest BCUT2D eigenvalue weighted by atomic mass is 9.96. The lowest BCUT2D eigenvalue weighted by Gasteiger charge is -2.24. The maximum absolute atomic E-state index is 13.8. The first-order chi connectivity index (χ1) is 18.2. The molecule has 1 aromatic heterocycles. The quantitative estimate of drug-likeness (QED) is 0.220. The SMILES string of the molecule is CCOC(=O)C1=C(C)N=c2s/c(=C\c3cc(I)c(OC(C)=O)c(OC)c3)c(=O)n2[C@@H]1c1ccc(OC)cc1. The van der Waals surface area contributed by atoms with E-state index in [-0.39, 0.29) is 12.2 Å². The van der Waals surface area contributed by atoms with Crippen molar-refractivity contribution in [2.24, 2.45) is 4.99 Å². The number of hydrogen-bond acceptors (Lipinski definition) is 9. The van der Waals surface area contributed by atoms with Crippen LogP contribution in [0.15, 0.2) is 57.5 Å². The Morgan fingerprint density at radius 1 is 1.16 bits per heavy atom. The van der Waals surface area contributed by atoms with E-state index in [9.17, 15) is 14.4 Å². The minimum atomic E-state index is -0.723.